The molecular formula is C17H29N3. The zero-order valence-corrected chi connectivity index (χ0v) is 13.4. The summed E-state index contributed by atoms with van der Waals surface area (Å²) in [6.45, 7) is 7.80. The minimum atomic E-state index is 0.159. The average molecular weight is 275 g/mol. The highest BCUT2D eigenvalue weighted by Crippen LogP contribution is 2.20. The Balaban J connectivity index is 1.85. The highest BCUT2D eigenvalue weighted by atomic mass is 15.2. The van der Waals surface area contributed by atoms with Crippen LogP contribution in [0, 0.1) is 13.8 Å². The molecule has 1 heterocycles. The zero-order valence-electron chi connectivity index (χ0n) is 13.4. The molecule has 1 aliphatic heterocycles. The molecule has 2 unspecified atom stereocenters. The van der Waals surface area contributed by atoms with Crippen molar-refractivity contribution < 1.29 is 0 Å². The largest absolute Gasteiger partial charge is 0.324 e. The quantitative estimate of drug-likeness (QED) is 0.895. The van der Waals surface area contributed by atoms with Gasteiger partial charge in [0.2, 0.25) is 0 Å². The summed E-state index contributed by atoms with van der Waals surface area (Å²) in [7, 11) is 4.35. The van der Waals surface area contributed by atoms with Gasteiger partial charge in [-0.2, -0.15) is 0 Å². The lowest BCUT2D eigenvalue weighted by Crippen LogP contribution is -2.32. The van der Waals surface area contributed by atoms with Crippen LogP contribution in [0.2, 0.25) is 0 Å². The maximum Gasteiger partial charge on any atom is 0.0307 e. The Bertz CT molecular complexity index is 422. The number of likely N-dealkylation sites (tertiary alicyclic amines) is 1. The highest BCUT2D eigenvalue weighted by Gasteiger charge is 2.23. The zero-order chi connectivity index (χ0) is 14.7. The Morgan fingerprint density at radius 3 is 2.45 bits per heavy atom. The van der Waals surface area contributed by atoms with Gasteiger partial charge in [0.05, 0.1) is 0 Å². The number of likely N-dealkylation sites (N-methyl/N-ethyl adjacent to an activating group) is 1. The molecule has 0 spiro atoms. The standard InChI is InChI=1S/C17H29N3/c1-13-9-14(2)11-15(10-13)17(18)6-8-20-7-5-16(12-20)19(3)4/h9-11,16-17H,5-8,12,18H2,1-4H3. The molecule has 1 aliphatic rings. The summed E-state index contributed by atoms with van der Waals surface area (Å²) in [6.07, 6.45) is 2.33. The Morgan fingerprint density at radius 2 is 1.90 bits per heavy atom. The van der Waals surface area contributed by atoms with Crippen LogP contribution in [-0.2, 0) is 0 Å². The number of nitrogens with two attached hydrogens (primary N) is 1. The van der Waals surface area contributed by atoms with Crippen LogP contribution in [0.5, 0.6) is 0 Å². The molecule has 2 rings (SSSR count). The number of nitrogens with zero attached hydrogens (tertiary/aromatic N) is 2. The van der Waals surface area contributed by atoms with Crippen molar-refractivity contribution in [1.29, 1.82) is 0 Å². The van der Waals surface area contributed by atoms with Gasteiger partial charge in [-0.3, -0.25) is 0 Å². The van der Waals surface area contributed by atoms with Crippen molar-refractivity contribution in [3.63, 3.8) is 0 Å². The van der Waals surface area contributed by atoms with Crippen molar-refractivity contribution in [2.24, 2.45) is 5.73 Å². The summed E-state index contributed by atoms with van der Waals surface area (Å²) >= 11 is 0. The predicted molar refractivity (Wildman–Crippen MR) is 86.0 cm³/mol. The lowest BCUT2D eigenvalue weighted by Gasteiger charge is -2.22. The fraction of sp³-hybridized carbons (Fsp3) is 0.647. The summed E-state index contributed by atoms with van der Waals surface area (Å²) in [4.78, 5) is 4.89. The van der Waals surface area contributed by atoms with Crippen molar-refractivity contribution in [3.8, 4) is 0 Å². The molecule has 0 bridgehead atoms. The molecule has 1 fully saturated rings. The molecule has 3 nitrogen and oxygen atoms in total. The van der Waals surface area contributed by atoms with E-state index in [1.54, 1.807) is 0 Å². The van der Waals surface area contributed by atoms with Crippen LogP contribution in [0.1, 0.15) is 35.6 Å². The monoisotopic (exact) mass is 275 g/mol. The summed E-state index contributed by atoms with van der Waals surface area (Å²) in [5, 5.41) is 0. The van der Waals surface area contributed by atoms with E-state index in [1.807, 2.05) is 0 Å². The minimum Gasteiger partial charge on any atom is -0.324 e. The van der Waals surface area contributed by atoms with Crippen LogP contribution in [-0.4, -0.2) is 49.6 Å². The molecule has 2 N–H and O–H groups in total. The maximum absolute atomic E-state index is 6.37. The average Bonchev–Trinajstić information content (AvgIpc) is 2.83. The first-order valence-corrected chi connectivity index (χ1v) is 7.68. The van der Waals surface area contributed by atoms with Crippen LogP contribution >= 0.6 is 0 Å². The molecule has 0 amide bonds. The van der Waals surface area contributed by atoms with Gasteiger partial charge in [0.1, 0.15) is 0 Å². The third-order valence-electron chi connectivity index (χ3n) is 4.41. The van der Waals surface area contributed by atoms with E-state index in [4.69, 9.17) is 5.73 Å². The fourth-order valence-electron chi connectivity index (χ4n) is 3.15. The lowest BCUT2D eigenvalue weighted by atomic mass is 10.00. The summed E-state index contributed by atoms with van der Waals surface area (Å²) in [6, 6.07) is 7.53. The maximum atomic E-state index is 6.37. The fourth-order valence-corrected chi connectivity index (χ4v) is 3.15. The highest BCUT2D eigenvalue weighted by molar-refractivity contribution is 5.30. The third kappa shape index (κ3) is 4.05. The van der Waals surface area contributed by atoms with Crippen LogP contribution in [0.3, 0.4) is 0 Å². The molecule has 112 valence electrons. The van der Waals surface area contributed by atoms with Crippen molar-refractivity contribution >= 4 is 0 Å². The van der Waals surface area contributed by atoms with Crippen LogP contribution in [0.4, 0.5) is 0 Å². The Morgan fingerprint density at radius 1 is 1.25 bits per heavy atom. The summed E-state index contributed by atoms with van der Waals surface area (Å²) in [5.74, 6) is 0. The van der Waals surface area contributed by atoms with Crippen LogP contribution < -0.4 is 5.73 Å². The molecule has 1 aromatic carbocycles. The molecule has 1 saturated heterocycles. The van der Waals surface area contributed by atoms with E-state index in [1.165, 1.54) is 36.2 Å². The normalized spacial score (nSPS) is 21.6. The van der Waals surface area contributed by atoms with Crippen molar-refractivity contribution in [1.82, 2.24) is 9.80 Å². The van der Waals surface area contributed by atoms with Crippen molar-refractivity contribution in [2.45, 2.75) is 38.8 Å². The van der Waals surface area contributed by atoms with Crippen LogP contribution in [0.25, 0.3) is 0 Å². The van der Waals surface area contributed by atoms with E-state index < -0.39 is 0 Å². The third-order valence-corrected chi connectivity index (χ3v) is 4.41. The first kappa shape index (κ1) is 15.5. The van der Waals surface area contributed by atoms with Gasteiger partial charge in [-0.25, -0.2) is 0 Å². The molecule has 0 saturated carbocycles. The number of aryl methyl sites for hydroxylation is 2. The SMILES string of the molecule is Cc1cc(C)cc(C(N)CCN2CCC(N(C)C)C2)c1. The van der Waals surface area contributed by atoms with Crippen molar-refractivity contribution in [3.05, 3.63) is 34.9 Å². The van der Waals surface area contributed by atoms with E-state index in [9.17, 15) is 0 Å². The molecular weight excluding hydrogens is 246 g/mol. The molecule has 20 heavy (non-hydrogen) atoms. The van der Waals surface area contributed by atoms with E-state index in [0.29, 0.717) is 6.04 Å². The number of hydrogen-bond acceptors (Lipinski definition) is 3. The van der Waals surface area contributed by atoms with E-state index >= 15 is 0 Å². The summed E-state index contributed by atoms with van der Waals surface area (Å²) < 4.78 is 0. The smallest absolute Gasteiger partial charge is 0.0307 e. The van der Waals surface area contributed by atoms with E-state index in [0.717, 1.165) is 13.0 Å². The van der Waals surface area contributed by atoms with Gasteiger partial charge in [-0.05, 0) is 52.9 Å². The van der Waals surface area contributed by atoms with E-state index in [-0.39, 0.29) is 6.04 Å². The molecule has 1 aromatic rings. The number of rotatable bonds is 5. The second-order valence-corrected chi connectivity index (χ2v) is 6.52. The Hall–Kier alpha value is -0.900. The van der Waals surface area contributed by atoms with E-state index in [2.05, 4.69) is 55.9 Å². The van der Waals surface area contributed by atoms with Crippen LogP contribution in [0.15, 0.2) is 18.2 Å². The minimum absolute atomic E-state index is 0.159. The molecule has 0 radical (unpaired) electrons. The first-order valence-electron chi connectivity index (χ1n) is 7.68. The number of hydrogen-bond donors (Lipinski definition) is 1. The van der Waals surface area contributed by atoms with Gasteiger partial charge >= 0.3 is 0 Å². The molecule has 0 aliphatic carbocycles. The second-order valence-electron chi connectivity index (χ2n) is 6.52. The Kier molecular flexibility index (Phi) is 5.19. The lowest BCUT2D eigenvalue weighted by molar-refractivity contribution is 0.263. The van der Waals surface area contributed by atoms with Gasteiger partial charge in [-0.15, -0.1) is 0 Å². The van der Waals surface area contributed by atoms with Gasteiger partial charge in [0.15, 0.2) is 0 Å². The predicted octanol–water partition coefficient (Wildman–Crippen LogP) is 2.33. The van der Waals surface area contributed by atoms with Crippen molar-refractivity contribution in [2.75, 3.05) is 33.7 Å². The molecule has 2 atom stereocenters. The number of benzene rings is 1. The summed E-state index contributed by atoms with van der Waals surface area (Å²) in [5.41, 5.74) is 10.3. The van der Waals surface area contributed by atoms with Gasteiger partial charge in [0, 0.05) is 25.2 Å². The first-order chi connectivity index (χ1) is 9.45. The topological polar surface area (TPSA) is 32.5 Å². The van der Waals surface area contributed by atoms with Gasteiger partial charge in [-0.1, -0.05) is 29.3 Å². The van der Waals surface area contributed by atoms with Gasteiger partial charge in [0.25, 0.3) is 0 Å². The second kappa shape index (κ2) is 6.70. The van der Waals surface area contributed by atoms with Gasteiger partial charge < -0.3 is 15.5 Å². The molecule has 3 heteroatoms. The molecule has 0 aromatic heterocycles. The Labute approximate surface area is 123 Å².